The highest BCUT2D eigenvalue weighted by atomic mass is 31.2. The molecule has 0 spiro atoms. The van der Waals surface area contributed by atoms with Crippen LogP contribution in [0.3, 0.4) is 0 Å². The standard InChI is InChI=1S/C43H84NO8P/c1-6-8-10-12-14-16-18-20-22-24-25-27-29-31-33-35-42(45)49-39-41(40-51-53(47,48)50-38-37-44(3,4)5)52-43(46)36-34-32-30-28-26-23-21-19-17-15-13-11-9-7-2/h19,21,41H,6-18,20,22-40H2,1-5H3/b21-19-/t41-/m1/s1. The average Bonchev–Trinajstić information content (AvgIpc) is 3.10. The molecule has 0 amide bonds. The van der Waals surface area contributed by atoms with E-state index in [4.69, 9.17) is 18.5 Å². The Kier molecular flexibility index (Phi) is 35.5. The summed E-state index contributed by atoms with van der Waals surface area (Å²) in [5.41, 5.74) is 0. The van der Waals surface area contributed by atoms with Crippen LogP contribution >= 0.6 is 7.82 Å². The maximum Gasteiger partial charge on any atom is 0.306 e. The monoisotopic (exact) mass is 774 g/mol. The van der Waals surface area contributed by atoms with Crippen LogP contribution in [0, 0.1) is 0 Å². The van der Waals surface area contributed by atoms with Crippen molar-refractivity contribution < 1.29 is 42.1 Å². The first kappa shape index (κ1) is 51.8. The number of unbranched alkanes of at least 4 members (excludes halogenated alkanes) is 24. The maximum absolute atomic E-state index is 12.6. The van der Waals surface area contributed by atoms with Gasteiger partial charge in [0.2, 0.25) is 0 Å². The van der Waals surface area contributed by atoms with Crippen molar-refractivity contribution in [3.63, 3.8) is 0 Å². The van der Waals surface area contributed by atoms with Crippen LogP contribution in [0.2, 0.25) is 0 Å². The molecule has 0 aliphatic carbocycles. The zero-order valence-corrected chi connectivity index (χ0v) is 36.1. The molecule has 0 radical (unpaired) electrons. The average molecular weight is 774 g/mol. The summed E-state index contributed by atoms with van der Waals surface area (Å²) in [6, 6.07) is 0. The second-order valence-electron chi connectivity index (χ2n) is 16.1. The SMILES string of the molecule is CCCCCCC/C=C\CCCCCCCC(=O)O[C@H](COC(=O)CCCCCCCCCCCCCCCCC)COP(=O)([O-])OCC[N+](C)(C)C. The number of phosphoric acid groups is 1. The summed E-state index contributed by atoms with van der Waals surface area (Å²) >= 11 is 0. The predicted octanol–water partition coefficient (Wildman–Crippen LogP) is 11.6. The fourth-order valence-electron chi connectivity index (χ4n) is 6.06. The Balaban J connectivity index is 4.35. The number of ether oxygens (including phenoxy) is 2. The molecule has 0 aromatic carbocycles. The van der Waals surface area contributed by atoms with Crippen molar-refractivity contribution in [1.82, 2.24) is 0 Å². The Morgan fingerprint density at radius 1 is 0.566 bits per heavy atom. The van der Waals surface area contributed by atoms with Crippen molar-refractivity contribution in [1.29, 1.82) is 0 Å². The van der Waals surface area contributed by atoms with E-state index in [1.807, 2.05) is 21.1 Å². The largest absolute Gasteiger partial charge is 0.756 e. The molecule has 0 aromatic heterocycles. The van der Waals surface area contributed by atoms with Gasteiger partial charge in [0.25, 0.3) is 7.82 Å². The molecule has 0 heterocycles. The molecule has 10 heteroatoms. The van der Waals surface area contributed by atoms with Gasteiger partial charge in [-0.1, -0.05) is 161 Å². The lowest BCUT2D eigenvalue weighted by Gasteiger charge is -2.28. The van der Waals surface area contributed by atoms with Crippen LogP contribution < -0.4 is 4.89 Å². The van der Waals surface area contributed by atoms with Gasteiger partial charge in [-0.3, -0.25) is 14.2 Å². The van der Waals surface area contributed by atoms with Gasteiger partial charge in [0.1, 0.15) is 19.8 Å². The van der Waals surface area contributed by atoms with E-state index in [0.717, 1.165) is 51.4 Å². The van der Waals surface area contributed by atoms with Crippen molar-refractivity contribution in [3.8, 4) is 0 Å². The molecule has 0 aliphatic heterocycles. The van der Waals surface area contributed by atoms with Crippen LogP contribution in [-0.4, -0.2) is 70.0 Å². The maximum atomic E-state index is 12.6. The van der Waals surface area contributed by atoms with Crippen LogP contribution in [0.25, 0.3) is 0 Å². The molecular formula is C43H84NO8P. The molecule has 0 aliphatic rings. The van der Waals surface area contributed by atoms with Gasteiger partial charge in [-0.15, -0.1) is 0 Å². The lowest BCUT2D eigenvalue weighted by atomic mass is 10.0. The molecule has 0 rings (SSSR count). The van der Waals surface area contributed by atoms with E-state index in [9.17, 15) is 19.0 Å². The molecule has 1 unspecified atom stereocenters. The van der Waals surface area contributed by atoms with Gasteiger partial charge in [0.15, 0.2) is 6.10 Å². The summed E-state index contributed by atoms with van der Waals surface area (Å²) in [7, 11) is 1.17. The Morgan fingerprint density at radius 3 is 1.40 bits per heavy atom. The van der Waals surface area contributed by atoms with Crippen molar-refractivity contribution in [2.24, 2.45) is 0 Å². The first-order chi connectivity index (χ1) is 25.5. The zero-order valence-electron chi connectivity index (χ0n) is 35.2. The van der Waals surface area contributed by atoms with Gasteiger partial charge in [-0.2, -0.15) is 0 Å². The van der Waals surface area contributed by atoms with Gasteiger partial charge in [0.05, 0.1) is 27.7 Å². The van der Waals surface area contributed by atoms with E-state index in [1.165, 1.54) is 116 Å². The minimum atomic E-state index is -4.62. The Morgan fingerprint density at radius 2 is 0.962 bits per heavy atom. The zero-order chi connectivity index (χ0) is 39.3. The summed E-state index contributed by atoms with van der Waals surface area (Å²) in [6.07, 6.45) is 36.6. The third kappa shape index (κ3) is 40.2. The van der Waals surface area contributed by atoms with Crippen molar-refractivity contribution in [3.05, 3.63) is 12.2 Å². The number of rotatable bonds is 40. The Labute approximate surface area is 326 Å². The summed E-state index contributed by atoms with van der Waals surface area (Å²) in [6.45, 7) is 4.23. The molecule has 314 valence electrons. The number of likely N-dealkylation sites (N-methyl/N-ethyl adjacent to an activating group) is 1. The van der Waals surface area contributed by atoms with Crippen LogP contribution in [-0.2, 0) is 32.7 Å². The Hall–Kier alpha value is -1.25. The highest BCUT2D eigenvalue weighted by Gasteiger charge is 2.21. The molecule has 2 atom stereocenters. The third-order valence-corrected chi connectivity index (χ3v) is 10.5. The fourth-order valence-corrected chi connectivity index (χ4v) is 6.79. The number of nitrogens with zero attached hydrogens (tertiary/aromatic N) is 1. The van der Waals surface area contributed by atoms with Gasteiger partial charge < -0.3 is 27.9 Å². The van der Waals surface area contributed by atoms with E-state index in [-0.39, 0.29) is 32.0 Å². The van der Waals surface area contributed by atoms with E-state index in [0.29, 0.717) is 17.4 Å². The molecule has 0 saturated heterocycles. The highest BCUT2D eigenvalue weighted by Crippen LogP contribution is 2.38. The molecule has 0 aromatic rings. The minimum Gasteiger partial charge on any atom is -0.756 e. The van der Waals surface area contributed by atoms with Gasteiger partial charge >= 0.3 is 11.9 Å². The van der Waals surface area contributed by atoms with E-state index < -0.39 is 26.5 Å². The quantitative estimate of drug-likeness (QED) is 0.0199. The topological polar surface area (TPSA) is 111 Å². The second kappa shape index (κ2) is 36.4. The summed E-state index contributed by atoms with van der Waals surface area (Å²) < 4.78 is 33.9. The van der Waals surface area contributed by atoms with Crippen molar-refractivity contribution in [2.45, 2.75) is 206 Å². The number of hydrogen-bond donors (Lipinski definition) is 0. The van der Waals surface area contributed by atoms with Gasteiger partial charge in [0, 0.05) is 12.8 Å². The molecule has 0 bridgehead atoms. The number of carbonyl (C=O) groups is 2. The van der Waals surface area contributed by atoms with Crippen molar-refractivity contribution >= 4 is 19.8 Å². The van der Waals surface area contributed by atoms with Gasteiger partial charge in [-0.05, 0) is 38.5 Å². The lowest BCUT2D eigenvalue weighted by molar-refractivity contribution is -0.870. The van der Waals surface area contributed by atoms with Crippen LogP contribution in [0.1, 0.15) is 200 Å². The first-order valence-corrected chi connectivity index (χ1v) is 23.4. The van der Waals surface area contributed by atoms with Crippen LogP contribution in [0.5, 0.6) is 0 Å². The van der Waals surface area contributed by atoms with Crippen LogP contribution in [0.4, 0.5) is 0 Å². The summed E-state index contributed by atoms with van der Waals surface area (Å²) in [4.78, 5) is 37.5. The molecular weight excluding hydrogens is 689 g/mol. The molecule has 9 nitrogen and oxygen atoms in total. The molecule has 0 saturated carbocycles. The van der Waals surface area contributed by atoms with E-state index in [1.54, 1.807) is 0 Å². The fraction of sp³-hybridized carbons (Fsp3) is 0.907. The number of hydrogen-bond acceptors (Lipinski definition) is 8. The van der Waals surface area contributed by atoms with Crippen molar-refractivity contribution in [2.75, 3.05) is 47.5 Å². The normalized spacial score (nSPS) is 13.7. The second-order valence-corrected chi connectivity index (χ2v) is 17.5. The highest BCUT2D eigenvalue weighted by molar-refractivity contribution is 7.45. The lowest BCUT2D eigenvalue weighted by Crippen LogP contribution is -2.37. The third-order valence-electron chi connectivity index (χ3n) is 9.54. The summed E-state index contributed by atoms with van der Waals surface area (Å²) in [5.74, 6) is -0.835. The first-order valence-electron chi connectivity index (χ1n) is 21.9. The number of phosphoric ester groups is 1. The van der Waals surface area contributed by atoms with E-state index in [2.05, 4.69) is 26.0 Å². The minimum absolute atomic E-state index is 0.0294. The summed E-state index contributed by atoms with van der Waals surface area (Å²) in [5, 5.41) is 0. The predicted molar refractivity (Wildman–Crippen MR) is 218 cm³/mol. The molecule has 53 heavy (non-hydrogen) atoms. The smallest absolute Gasteiger partial charge is 0.306 e. The number of quaternary nitrogens is 1. The number of carbonyl (C=O) groups excluding carboxylic acids is 2. The van der Waals surface area contributed by atoms with Crippen LogP contribution in [0.15, 0.2) is 12.2 Å². The molecule has 0 fully saturated rings. The van der Waals surface area contributed by atoms with Gasteiger partial charge in [-0.25, -0.2) is 0 Å². The van der Waals surface area contributed by atoms with E-state index >= 15 is 0 Å². The Bertz CT molecular complexity index is 922. The number of allylic oxidation sites excluding steroid dienone is 2. The number of esters is 2. The molecule has 0 N–H and O–H groups in total.